The first kappa shape index (κ1) is 13.0. The quantitative estimate of drug-likeness (QED) is 0.732. The normalized spacial score (nSPS) is 12.2. The van der Waals surface area contributed by atoms with Crippen molar-refractivity contribution < 1.29 is 9.90 Å². The van der Waals surface area contributed by atoms with E-state index in [0.717, 1.165) is 0 Å². The maximum Gasteiger partial charge on any atom is 0.251 e. The summed E-state index contributed by atoms with van der Waals surface area (Å²) < 4.78 is 0.704. The highest BCUT2D eigenvalue weighted by molar-refractivity contribution is 9.10. The number of anilines is 1. The average molecular weight is 287 g/mol. The molecular weight excluding hydrogens is 272 g/mol. The van der Waals surface area contributed by atoms with E-state index in [1.807, 2.05) is 6.92 Å². The number of aliphatic hydroxyl groups excluding tert-OH is 1. The summed E-state index contributed by atoms with van der Waals surface area (Å²) in [5.74, 6) is -0.109. The van der Waals surface area contributed by atoms with Crippen molar-refractivity contribution in [2.24, 2.45) is 5.92 Å². The molecule has 1 unspecified atom stereocenters. The van der Waals surface area contributed by atoms with Crippen molar-refractivity contribution in [3.63, 3.8) is 0 Å². The number of benzene rings is 1. The van der Waals surface area contributed by atoms with Gasteiger partial charge in [0.15, 0.2) is 0 Å². The molecule has 0 bridgehead atoms. The Kier molecular flexibility index (Phi) is 4.76. The fourth-order valence-corrected chi connectivity index (χ4v) is 1.48. The van der Waals surface area contributed by atoms with Crippen LogP contribution in [0.25, 0.3) is 0 Å². The Hall–Kier alpha value is -1.07. The van der Waals surface area contributed by atoms with Crippen LogP contribution < -0.4 is 11.1 Å². The molecule has 0 saturated heterocycles. The van der Waals surface area contributed by atoms with Crippen LogP contribution in [0.3, 0.4) is 0 Å². The van der Waals surface area contributed by atoms with E-state index in [2.05, 4.69) is 21.2 Å². The lowest BCUT2D eigenvalue weighted by molar-refractivity contribution is 0.0942. The smallest absolute Gasteiger partial charge is 0.251 e. The van der Waals surface area contributed by atoms with Crippen LogP contribution in [-0.4, -0.2) is 24.2 Å². The lowest BCUT2D eigenvalue weighted by Gasteiger charge is -2.10. The van der Waals surface area contributed by atoms with E-state index in [1.54, 1.807) is 18.2 Å². The van der Waals surface area contributed by atoms with Gasteiger partial charge in [0.05, 0.1) is 0 Å². The molecule has 1 aromatic carbocycles. The number of hydrogen-bond acceptors (Lipinski definition) is 3. The first-order valence-corrected chi connectivity index (χ1v) is 5.78. The van der Waals surface area contributed by atoms with Gasteiger partial charge in [-0.2, -0.15) is 0 Å². The van der Waals surface area contributed by atoms with Crippen molar-refractivity contribution in [2.45, 2.75) is 6.92 Å². The number of nitrogen functional groups attached to an aromatic ring is 1. The highest BCUT2D eigenvalue weighted by atomic mass is 79.9. The second-order valence-corrected chi connectivity index (χ2v) is 4.59. The van der Waals surface area contributed by atoms with Crippen LogP contribution in [0, 0.1) is 5.92 Å². The highest BCUT2D eigenvalue weighted by Gasteiger charge is 2.08. The summed E-state index contributed by atoms with van der Waals surface area (Å²) in [6.45, 7) is 2.38. The van der Waals surface area contributed by atoms with Crippen LogP contribution in [0.15, 0.2) is 22.7 Å². The molecule has 16 heavy (non-hydrogen) atoms. The largest absolute Gasteiger partial charge is 0.398 e. The number of halogens is 1. The number of rotatable bonds is 4. The Balaban J connectivity index is 2.63. The summed E-state index contributed by atoms with van der Waals surface area (Å²) in [6.07, 6.45) is 0. The Morgan fingerprint density at radius 3 is 2.88 bits per heavy atom. The third-order valence-corrected chi connectivity index (χ3v) is 2.87. The molecule has 0 aromatic heterocycles. The molecule has 0 radical (unpaired) electrons. The molecule has 1 atom stereocenters. The monoisotopic (exact) mass is 286 g/mol. The van der Waals surface area contributed by atoms with Gasteiger partial charge in [-0.1, -0.05) is 6.92 Å². The molecule has 1 rings (SSSR count). The van der Waals surface area contributed by atoms with Crippen molar-refractivity contribution in [3.8, 4) is 0 Å². The molecule has 0 spiro atoms. The predicted octanol–water partition coefficient (Wildman–Crippen LogP) is 1.39. The lowest BCUT2D eigenvalue weighted by Crippen LogP contribution is -2.29. The Morgan fingerprint density at radius 1 is 1.62 bits per heavy atom. The maximum absolute atomic E-state index is 11.7. The molecule has 5 heteroatoms. The minimum Gasteiger partial charge on any atom is -0.398 e. The summed E-state index contributed by atoms with van der Waals surface area (Å²) >= 11 is 3.26. The van der Waals surface area contributed by atoms with Gasteiger partial charge in [0, 0.05) is 28.9 Å². The first-order chi connectivity index (χ1) is 7.54. The van der Waals surface area contributed by atoms with Gasteiger partial charge in [0.25, 0.3) is 5.91 Å². The van der Waals surface area contributed by atoms with Crippen LogP contribution in [-0.2, 0) is 0 Å². The highest BCUT2D eigenvalue weighted by Crippen LogP contribution is 2.20. The molecule has 0 aliphatic carbocycles. The molecule has 4 nitrogen and oxygen atoms in total. The Morgan fingerprint density at radius 2 is 2.31 bits per heavy atom. The van der Waals surface area contributed by atoms with E-state index in [-0.39, 0.29) is 18.4 Å². The average Bonchev–Trinajstić information content (AvgIpc) is 2.29. The number of amides is 1. The van der Waals surface area contributed by atoms with Crippen molar-refractivity contribution >= 4 is 27.5 Å². The molecule has 0 fully saturated rings. The van der Waals surface area contributed by atoms with Crippen LogP contribution in [0.2, 0.25) is 0 Å². The predicted molar refractivity (Wildman–Crippen MR) is 67.1 cm³/mol. The lowest BCUT2D eigenvalue weighted by atomic mass is 10.1. The molecule has 88 valence electrons. The molecule has 4 N–H and O–H groups in total. The fraction of sp³-hybridized carbons (Fsp3) is 0.364. The zero-order chi connectivity index (χ0) is 12.1. The summed E-state index contributed by atoms with van der Waals surface area (Å²) in [7, 11) is 0. The van der Waals surface area contributed by atoms with E-state index < -0.39 is 0 Å². The number of aliphatic hydroxyl groups is 1. The van der Waals surface area contributed by atoms with Gasteiger partial charge in [-0.25, -0.2) is 0 Å². The number of nitrogens with two attached hydrogens (primary N) is 1. The minimum atomic E-state index is -0.166. The van der Waals surface area contributed by atoms with Gasteiger partial charge in [0.1, 0.15) is 0 Å². The van der Waals surface area contributed by atoms with E-state index in [4.69, 9.17) is 10.8 Å². The molecule has 1 amide bonds. The number of carbonyl (C=O) groups excluding carboxylic acids is 1. The van der Waals surface area contributed by atoms with Gasteiger partial charge in [0.2, 0.25) is 0 Å². The number of nitrogens with one attached hydrogen (secondary N) is 1. The Labute approximate surface area is 103 Å². The molecular formula is C11H15BrN2O2. The van der Waals surface area contributed by atoms with Gasteiger partial charge in [-0.05, 0) is 40.0 Å². The van der Waals surface area contributed by atoms with Crippen molar-refractivity contribution in [1.82, 2.24) is 5.32 Å². The van der Waals surface area contributed by atoms with Crippen LogP contribution in [0.1, 0.15) is 17.3 Å². The van der Waals surface area contributed by atoms with Crippen molar-refractivity contribution in [1.29, 1.82) is 0 Å². The van der Waals surface area contributed by atoms with Crippen molar-refractivity contribution in [2.75, 3.05) is 18.9 Å². The molecule has 1 aromatic rings. The maximum atomic E-state index is 11.7. The van der Waals surface area contributed by atoms with E-state index in [0.29, 0.717) is 22.3 Å². The summed E-state index contributed by atoms with van der Waals surface area (Å²) in [5, 5.41) is 11.6. The second kappa shape index (κ2) is 5.86. The summed E-state index contributed by atoms with van der Waals surface area (Å²) in [6, 6.07) is 5.02. The second-order valence-electron chi connectivity index (χ2n) is 3.73. The van der Waals surface area contributed by atoms with Gasteiger partial charge in [-0.3, -0.25) is 4.79 Å². The van der Waals surface area contributed by atoms with Crippen LogP contribution in [0.5, 0.6) is 0 Å². The van der Waals surface area contributed by atoms with E-state index in [1.165, 1.54) is 0 Å². The molecule has 0 aliphatic rings. The summed E-state index contributed by atoms with van der Waals surface area (Å²) in [5.41, 5.74) is 6.77. The number of hydrogen-bond donors (Lipinski definition) is 3. The Bertz CT molecular complexity index is 382. The zero-order valence-electron chi connectivity index (χ0n) is 9.03. The SMILES string of the molecule is CC(CO)CNC(=O)c1ccc(N)c(Br)c1. The zero-order valence-corrected chi connectivity index (χ0v) is 10.6. The third-order valence-electron chi connectivity index (χ3n) is 2.19. The van der Waals surface area contributed by atoms with Crippen LogP contribution >= 0.6 is 15.9 Å². The third kappa shape index (κ3) is 3.50. The van der Waals surface area contributed by atoms with E-state index in [9.17, 15) is 4.79 Å². The van der Waals surface area contributed by atoms with Crippen LogP contribution in [0.4, 0.5) is 5.69 Å². The van der Waals surface area contributed by atoms with Crippen molar-refractivity contribution in [3.05, 3.63) is 28.2 Å². The van der Waals surface area contributed by atoms with E-state index >= 15 is 0 Å². The number of carbonyl (C=O) groups is 1. The topological polar surface area (TPSA) is 75.3 Å². The molecule has 0 saturated carbocycles. The standard InChI is InChI=1S/C11H15BrN2O2/c1-7(6-15)5-14-11(16)8-2-3-10(13)9(12)4-8/h2-4,7,15H,5-6,13H2,1H3,(H,14,16). The fourth-order valence-electron chi connectivity index (χ4n) is 1.10. The minimum absolute atomic E-state index is 0.0566. The molecule has 0 aliphatic heterocycles. The van der Waals surface area contributed by atoms with Gasteiger partial charge >= 0.3 is 0 Å². The first-order valence-electron chi connectivity index (χ1n) is 4.98. The summed E-state index contributed by atoms with van der Waals surface area (Å²) in [4.78, 5) is 11.7. The van der Waals surface area contributed by atoms with Gasteiger partial charge < -0.3 is 16.2 Å². The molecule has 0 heterocycles. The van der Waals surface area contributed by atoms with Gasteiger partial charge in [-0.15, -0.1) is 0 Å².